The second-order valence-electron chi connectivity index (χ2n) is 5.68. The Morgan fingerprint density at radius 1 is 1.11 bits per heavy atom. The van der Waals surface area contributed by atoms with Crippen molar-refractivity contribution in [3.63, 3.8) is 0 Å². The topological polar surface area (TPSA) is 86.0 Å². The van der Waals surface area contributed by atoms with Gasteiger partial charge in [-0.3, -0.25) is 14.9 Å². The van der Waals surface area contributed by atoms with Crippen LogP contribution in [0.4, 0.5) is 5.69 Å². The Labute approximate surface area is 160 Å². The molecule has 6 nitrogen and oxygen atoms in total. The highest BCUT2D eigenvalue weighted by Gasteiger charge is 2.16. The van der Waals surface area contributed by atoms with E-state index in [4.69, 9.17) is 0 Å². The number of ketones is 1. The normalized spacial score (nSPS) is 10.9. The van der Waals surface area contributed by atoms with E-state index in [1.54, 1.807) is 48.8 Å². The summed E-state index contributed by atoms with van der Waals surface area (Å²) in [6.45, 7) is 1.95. The summed E-state index contributed by atoms with van der Waals surface area (Å²) in [6.07, 6.45) is 6.14. The first-order valence-corrected chi connectivity index (χ1v) is 8.87. The molecule has 0 spiro atoms. The van der Waals surface area contributed by atoms with Gasteiger partial charge in [0.25, 0.3) is 5.69 Å². The van der Waals surface area contributed by atoms with Crippen LogP contribution >= 0.6 is 11.8 Å². The van der Waals surface area contributed by atoms with Crippen molar-refractivity contribution in [2.24, 2.45) is 0 Å². The van der Waals surface area contributed by atoms with Gasteiger partial charge in [0.2, 0.25) is 0 Å². The molecular formula is C20H15N3O3S. The van der Waals surface area contributed by atoms with Gasteiger partial charge in [0.15, 0.2) is 10.9 Å². The third-order valence-corrected chi connectivity index (χ3v) is 4.64. The molecule has 0 atom stereocenters. The molecule has 3 aromatic rings. The van der Waals surface area contributed by atoms with Gasteiger partial charge in [0, 0.05) is 24.0 Å². The van der Waals surface area contributed by atoms with Crippen molar-refractivity contribution in [2.45, 2.75) is 17.0 Å². The minimum atomic E-state index is -0.454. The fraction of sp³-hybridized carbons (Fsp3) is 0.0500. The minimum Gasteiger partial charge on any atom is -0.289 e. The van der Waals surface area contributed by atoms with Gasteiger partial charge in [-0.25, -0.2) is 9.97 Å². The van der Waals surface area contributed by atoms with Crippen LogP contribution in [0.1, 0.15) is 21.5 Å². The van der Waals surface area contributed by atoms with Gasteiger partial charge in [-0.15, -0.1) is 0 Å². The van der Waals surface area contributed by atoms with E-state index >= 15 is 0 Å². The molecule has 0 amide bonds. The Bertz CT molecular complexity index is 1000. The van der Waals surface area contributed by atoms with E-state index in [1.807, 2.05) is 19.1 Å². The van der Waals surface area contributed by atoms with E-state index in [-0.39, 0.29) is 11.5 Å². The van der Waals surface area contributed by atoms with Crippen molar-refractivity contribution in [3.8, 4) is 0 Å². The van der Waals surface area contributed by atoms with Gasteiger partial charge >= 0.3 is 0 Å². The van der Waals surface area contributed by atoms with Crippen LogP contribution in [-0.2, 0) is 0 Å². The summed E-state index contributed by atoms with van der Waals surface area (Å²) in [5.74, 6) is -0.159. The highest BCUT2D eigenvalue weighted by Crippen LogP contribution is 2.33. The summed E-state index contributed by atoms with van der Waals surface area (Å²) in [6, 6.07) is 13.7. The third-order valence-electron chi connectivity index (χ3n) is 3.69. The van der Waals surface area contributed by atoms with Gasteiger partial charge < -0.3 is 0 Å². The molecule has 0 saturated heterocycles. The average Bonchev–Trinajstić information content (AvgIpc) is 2.68. The zero-order chi connectivity index (χ0) is 19.2. The van der Waals surface area contributed by atoms with E-state index in [1.165, 1.54) is 12.1 Å². The number of hydrogen-bond donors (Lipinski definition) is 0. The van der Waals surface area contributed by atoms with Crippen LogP contribution < -0.4 is 0 Å². The maximum atomic E-state index is 12.2. The van der Waals surface area contributed by atoms with Crippen LogP contribution in [0.3, 0.4) is 0 Å². The molecule has 27 heavy (non-hydrogen) atoms. The van der Waals surface area contributed by atoms with Crippen molar-refractivity contribution in [3.05, 3.63) is 93.8 Å². The van der Waals surface area contributed by atoms with Gasteiger partial charge in [-0.05, 0) is 42.5 Å². The quantitative estimate of drug-likeness (QED) is 0.203. The van der Waals surface area contributed by atoms with Crippen molar-refractivity contribution < 1.29 is 9.72 Å². The summed E-state index contributed by atoms with van der Waals surface area (Å²) < 4.78 is 0. The molecule has 0 aliphatic heterocycles. The van der Waals surface area contributed by atoms with E-state index < -0.39 is 4.92 Å². The number of carbonyl (C=O) groups excluding carboxylic acids is 1. The zero-order valence-electron chi connectivity index (χ0n) is 14.4. The highest BCUT2D eigenvalue weighted by atomic mass is 32.2. The predicted octanol–water partition coefficient (Wildman–Crippen LogP) is 4.74. The third kappa shape index (κ3) is 4.86. The molecule has 0 radical (unpaired) electrons. The Balaban J connectivity index is 1.82. The molecule has 0 bridgehead atoms. The number of aromatic nitrogens is 2. The van der Waals surface area contributed by atoms with Gasteiger partial charge in [-0.1, -0.05) is 42.0 Å². The van der Waals surface area contributed by atoms with Crippen LogP contribution in [0.15, 0.2) is 77.1 Å². The van der Waals surface area contributed by atoms with Crippen LogP contribution in [0, 0.1) is 17.0 Å². The summed E-state index contributed by atoms with van der Waals surface area (Å²) in [4.78, 5) is 31.7. The second-order valence-corrected chi connectivity index (χ2v) is 6.69. The molecule has 0 N–H and O–H groups in total. The van der Waals surface area contributed by atoms with Gasteiger partial charge in [0.05, 0.1) is 9.82 Å². The van der Waals surface area contributed by atoms with E-state index in [2.05, 4.69) is 9.97 Å². The molecule has 3 rings (SSSR count). The number of benzene rings is 2. The van der Waals surface area contributed by atoms with Crippen LogP contribution in [0.25, 0.3) is 6.08 Å². The molecule has 0 fully saturated rings. The van der Waals surface area contributed by atoms with Crippen molar-refractivity contribution >= 4 is 29.3 Å². The average molecular weight is 377 g/mol. The summed E-state index contributed by atoms with van der Waals surface area (Å²) in [7, 11) is 0. The number of carbonyl (C=O) groups is 1. The Hall–Kier alpha value is -3.32. The fourth-order valence-corrected chi connectivity index (χ4v) is 3.09. The maximum absolute atomic E-state index is 12.2. The van der Waals surface area contributed by atoms with Crippen LogP contribution in [0.2, 0.25) is 0 Å². The van der Waals surface area contributed by atoms with E-state index in [9.17, 15) is 14.9 Å². The maximum Gasteiger partial charge on any atom is 0.283 e. The lowest BCUT2D eigenvalue weighted by atomic mass is 10.1. The van der Waals surface area contributed by atoms with E-state index in [0.29, 0.717) is 21.2 Å². The SMILES string of the molecule is Cc1ccc(C(=O)/C=C/c2ccc(Sc3ncccn3)c([N+](=O)[O-])c2)cc1. The number of nitro groups is 1. The number of nitrogens with zero attached hydrogens (tertiary/aromatic N) is 3. The lowest BCUT2D eigenvalue weighted by molar-refractivity contribution is -0.387. The molecular weight excluding hydrogens is 362 g/mol. The molecule has 0 aliphatic carbocycles. The van der Waals surface area contributed by atoms with E-state index in [0.717, 1.165) is 17.3 Å². The number of nitro benzene ring substituents is 1. The highest BCUT2D eigenvalue weighted by molar-refractivity contribution is 7.99. The number of rotatable bonds is 6. The van der Waals surface area contributed by atoms with Crippen LogP contribution in [-0.4, -0.2) is 20.7 Å². The number of aryl methyl sites for hydroxylation is 1. The first-order chi connectivity index (χ1) is 13.0. The number of hydrogen-bond acceptors (Lipinski definition) is 6. The molecule has 1 aromatic heterocycles. The molecule has 0 unspecified atom stereocenters. The molecule has 134 valence electrons. The van der Waals surface area contributed by atoms with Crippen LogP contribution in [0.5, 0.6) is 0 Å². The fourth-order valence-electron chi connectivity index (χ4n) is 2.29. The Morgan fingerprint density at radius 3 is 2.48 bits per heavy atom. The lowest BCUT2D eigenvalue weighted by Gasteiger charge is -2.03. The standard InChI is InChI=1S/C20H15N3O3S/c1-14-3-7-16(8-4-14)18(24)9-5-15-6-10-19(17(13-15)23(25)26)27-20-21-11-2-12-22-20/h2-13H,1H3/b9-5+. The van der Waals surface area contributed by atoms with Crippen molar-refractivity contribution in [1.29, 1.82) is 0 Å². The Kier molecular flexibility index (Phi) is 5.73. The molecule has 0 aliphatic rings. The monoisotopic (exact) mass is 377 g/mol. The predicted molar refractivity (Wildman–Crippen MR) is 104 cm³/mol. The summed E-state index contributed by atoms with van der Waals surface area (Å²) in [5, 5.41) is 11.8. The van der Waals surface area contributed by atoms with Gasteiger partial charge in [0.1, 0.15) is 0 Å². The van der Waals surface area contributed by atoms with Crippen molar-refractivity contribution in [1.82, 2.24) is 9.97 Å². The number of allylic oxidation sites excluding steroid dienone is 1. The second kappa shape index (κ2) is 8.37. The Morgan fingerprint density at radius 2 is 1.81 bits per heavy atom. The van der Waals surface area contributed by atoms with Gasteiger partial charge in [-0.2, -0.15) is 0 Å². The first kappa shape index (κ1) is 18.5. The molecule has 0 saturated carbocycles. The lowest BCUT2D eigenvalue weighted by Crippen LogP contribution is -1.95. The first-order valence-electron chi connectivity index (χ1n) is 8.05. The summed E-state index contributed by atoms with van der Waals surface area (Å²) >= 11 is 1.12. The molecule has 2 aromatic carbocycles. The summed E-state index contributed by atoms with van der Waals surface area (Å²) in [5.41, 5.74) is 2.15. The van der Waals surface area contributed by atoms with Crippen molar-refractivity contribution in [2.75, 3.05) is 0 Å². The minimum absolute atomic E-state index is 0.0580. The largest absolute Gasteiger partial charge is 0.289 e. The smallest absolute Gasteiger partial charge is 0.283 e. The molecule has 1 heterocycles. The molecule has 7 heteroatoms. The zero-order valence-corrected chi connectivity index (χ0v) is 15.2.